The van der Waals surface area contributed by atoms with Gasteiger partial charge in [0.2, 0.25) is 0 Å². The van der Waals surface area contributed by atoms with Crippen molar-refractivity contribution in [3.05, 3.63) is 182 Å². The minimum absolute atomic E-state index is 0.849. The van der Waals surface area contributed by atoms with Gasteiger partial charge in [-0.25, -0.2) is 4.98 Å². The zero-order chi connectivity index (χ0) is 33.7. The summed E-state index contributed by atoms with van der Waals surface area (Å²) in [6.07, 6.45) is 0. The van der Waals surface area contributed by atoms with Crippen LogP contribution in [0, 0.1) is 0 Å². The minimum Gasteiger partial charge on any atom is -0.456 e. The van der Waals surface area contributed by atoms with Crippen LogP contribution >= 0.6 is 11.3 Å². The summed E-state index contributed by atoms with van der Waals surface area (Å²) in [5.41, 5.74) is 11.8. The SMILES string of the molecule is c1ccc(-c2ccc(N(c3ccc(-c4ccc5ccccc5c4)cc3)c3ccc4c(c3)oc3cc5sc(-c6ccccc6)nc5cc34)cc2)cc1. The summed E-state index contributed by atoms with van der Waals surface area (Å²) < 4.78 is 7.70. The van der Waals surface area contributed by atoms with Gasteiger partial charge in [0, 0.05) is 45.5 Å². The third-order valence-corrected chi connectivity index (χ3v) is 10.8. The molecule has 0 saturated heterocycles. The van der Waals surface area contributed by atoms with Crippen molar-refractivity contribution in [2.75, 3.05) is 4.90 Å². The number of hydrogen-bond donors (Lipinski definition) is 0. The highest BCUT2D eigenvalue weighted by molar-refractivity contribution is 7.21. The van der Waals surface area contributed by atoms with Crippen molar-refractivity contribution in [1.82, 2.24) is 4.98 Å². The molecular weight excluding hydrogens is 641 g/mol. The fourth-order valence-corrected chi connectivity index (χ4v) is 8.06. The molecule has 4 heteroatoms. The molecule has 8 aromatic carbocycles. The molecule has 51 heavy (non-hydrogen) atoms. The second-order valence-corrected chi connectivity index (χ2v) is 13.9. The van der Waals surface area contributed by atoms with Gasteiger partial charge in [-0.3, -0.25) is 0 Å². The Balaban J connectivity index is 1.06. The molecule has 0 aliphatic heterocycles. The number of hydrogen-bond acceptors (Lipinski definition) is 4. The smallest absolute Gasteiger partial charge is 0.137 e. The van der Waals surface area contributed by atoms with Crippen LogP contribution < -0.4 is 4.90 Å². The molecule has 0 aliphatic carbocycles. The van der Waals surface area contributed by atoms with Crippen molar-refractivity contribution in [2.24, 2.45) is 0 Å². The van der Waals surface area contributed by atoms with Crippen LogP contribution in [0.5, 0.6) is 0 Å². The third-order valence-electron chi connectivity index (χ3n) is 9.68. The number of rotatable bonds is 6. The van der Waals surface area contributed by atoms with Crippen LogP contribution in [-0.4, -0.2) is 4.98 Å². The van der Waals surface area contributed by atoms with Crippen molar-refractivity contribution in [1.29, 1.82) is 0 Å². The average molecular weight is 671 g/mol. The number of aromatic nitrogens is 1. The van der Waals surface area contributed by atoms with Crippen LogP contribution in [0.2, 0.25) is 0 Å². The molecule has 0 atom stereocenters. The van der Waals surface area contributed by atoms with Crippen molar-refractivity contribution in [3.8, 4) is 32.8 Å². The number of thiazole rings is 1. The van der Waals surface area contributed by atoms with Crippen molar-refractivity contribution in [3.63, 3.8) is 0 Å². The second kappa shape index (κ2) is 12.1. The summed E-state index contributed by atoms with van der Waals surface area (Å²) in [6.45, 7) is 0. The van der Waals surface area contributed by atoms with E-state index in [0.717, 1.165) is 59.8 Å². The van der Waals surface area contributed by atoms with E-state index in [1.165, 1.54) is 33.0 Å². The maximum atomic E-state index is 6.58. The van der Waals surface area contributed by atoms with Gasteiger partial charge in [-0.2, -0.15) is 0 Å². The van der Waals surface area contributed by atoms with Gasteiger partial charge in [0.15, 0.2) is 0 Å². The number of benzene rings is 8. The summed E-state index contributed by atoms with van der Waals surface area (Å²) in [5, 5.41) is 5.66. The van der Waals surface area contributed by atoms with E-state index < -0.39 is 0 Å². The summed E-state index contributed by atoms with van der Waals surface area (Å²) in [7, 11) is 0. The molecular formula is C47H30N2OS. The van der Waals surface area contributed by atoms with Crippen LogP contribution in [0.4, 0.5) is 17.1 Å². The Morgan fingerprint density at radius 1 is 0.412 bits per heavy atom. The summed E-state index contributed by atoms with van der Waals surface area (Å²) >= 11 is 1.70. The van der Waals surface area contributed by atoms with E-state index in [9.17, 15) is 0 Å². The standard InChI is InChI=1S/C47H30N2OS/c1-3-9-31(10-4-1)33-17-21-38(22-18-33)49(39-23-19-34(20-24-39)37-16-15-32-11-7-8-14-36(32)27-37)40-25-26-41-42-29-43-46(30-45(42)50-44(41)28-40)51-47(48-43)35-12-5-2-6-13-35/h1-30H. The maximum Gasteiger partial charge on any atom is 0.137 e. The molecule has 0 saturated carbocycles. The van der Waals surface area contributed by atoms with E-state index in [0.29, 0.717) is 0 Å². The Morgan fingerprint density at radius 2 is 0.980 bits per heavy atom. The highest BCUT2D eigenvalue weighted by atomic mass is 32.1. The molecule has 0 spiro atoms. The van der Waals surface area contributed by atoms with Crippen molar-refractivity contribution in [2.45, 2.75) is 0 Å². The Kier molecular flexibility index (Phi) is 7.00. The highest BCUT2D eigenvalue weighted by Gasteiger charge is 2.17. The fraction of sp³-hybridized carbons (Fsp3) is 0. The number of fused-ring (bicyclic) bond motifs is 5. The lowest BCUT2D eigenvalue weighted by Crippen LogP contribution is -2.09. The topological polar surface area (TPSA) is 29.3 Å². The van der Waals surface area contributed by atoms with E-state index in [1.807, 2.05) is 6.07 Å². The molecule has 0 bridgehead atoms. The monoisotopic (exact) mass is 670 g/mol. The Morgan fingerprint density at radius 3 is 1.71 bits per heavy atom. The van der Waals surface area contributed by atoms with Gasteiger partial charge in [-0.1, -0.05) is 121 Å². The number of nitrogens with zero attached hydrogens (tertiary/aromatic N) is 2. The fourth-order valence-electron chi connectivity index (χ4n) is 7.08. The van der Waals surface area contributed by atoms with Gasteiger partial charge in [0.1, 0.15) is 16.2 Å². The van der Waals surface area contributed by atoms with Crippen molar-refractivity contribution < 1.29 is 4.42 Å². The molecule has 0 fully saturated rings. The quantitative estimate of drug-likeness (QED) is 0.176. The van der Waals surface area contributed by atoms with Gasteiger partial charge in [-0.15, -0.1) is 11.3 Å². The molecule has 3 nitrogen and oxygen atoms in total. The van der Waals surface area contributed by atoms with Crippen LogP contribution in [0.15, 0.2) is 186 Å². The van der Waals surface area contributed by atoms with Gasteiger partial charge >= 0.3 is 0 Å². The lowest BCUT2D eigenvalue weighted by molar-refractivity contribution is 0.669. The molecule has 0 aliphatic rings. The minimum atomic E-state index is 0.849. The first-order valence-corrected chi connectivity index (χ1v) is 17.9. The van der Waals surface area contributed by atoms with Crippen LogP contribution in [0.1, 0.15) is 0 Å². The molecule has 0 amide bonds. The molecule has 0 radical (unpaired) electrons. The zero-order valence-electron chi connectivity index (χ0n) is 27.5. The molecule has 10 aromatic rings. The molecule has 240 valence electrons. The average Bonchev–Trinajstić information content (AvgIpc) is 3.78. The molecule has 2 aromatic heterocycles. The number of anilines is 3. The van der Waals surface area contributed by atoms with Gasteiger partial charge in [-0.05, 0) is 81.6 Å². The second-order valence-electron chi connectivity index (χ2n) is 12.8. The first-order valence-electron chi connectivity index (χ1n) is 17.1. The predicted molar refractivity (Wildman–Crippen MR) is 215 cm³/mol. The van der Waals surface area contributed by atoms with Gasteiger partial charge in [0.05, 0.1) is 10.2 Å². The van der Waals surface area contributed by atoms with Crippen molar-refractivity contribution >= 4 is 71.3 Å². The normalized spacial score (nSPS) is 11.5. The van der Waals surface area contributed by atoms with Gasteiger partial charge in [0.25, 0.3) is 0 Å². The molecule has 0 unspecified atom stereocenters. The lowest BCUT2D eigenvalue weighted by Gasteiger charge is -2.26. The van der Waals surface area contributed by atoms with Gasteiger partial charge < -0.3 is 9.32 Å². The van der Waals surface area contributed by atoms with E-state index in [4.69, 9.17) is 9.40 Å². The number of furan rings is 1. The summed E-state index contributed by atoms with van der Waals surface area (Å²) in [6, 6.07) is 64.5. The van der Waals surface area contributed by atoms with Crippen LogP contribution in [-0.2, 0) is 0 Å². The summed E-state index contributed by atoms with van der Waals surface area (Å²) in [5.74, 6) is 0. The summed E-state index contributed by atoms with van der Waals surface area (Å²) in [4.78, 5) is 7.29. The van der Waals surface area contributed by atoms with E-state index in [-0.39, 0.29) is 0 Å². The lowest BCUT2D eigenvalue weighted by atomic mass is 10.0. The zero-order valence-corrected chi connectivity index (χ0v) is 28.3. The maximum absolute atomic E-state index is 6.58. The predicted octanol–water partition coefficient (Wildman–Crippen LogP) is 13.8. The Bertz CT molecular complexity index is 2840. The Hall–Kier alpha value is -6.49. The molecule has 10 rings (SSSR count). The van der Waals surface area contributed by atoms with E-state index in [2.05, 4.69) is 181 Å². The Labute approximate surface area is 299 Å². The van der Waals surface area contributed by atoms with E-state index in [1.54, 1.807) is 11.3 Å². The largest absolute Gasteiger partial charge is 0.456 e. The first kappa shape index (κ1) is 29.4. The molecule has 0 N–H and O–H groups in total. The molecule has 2 heterocycles. The third kappa shape index (κ3) is 5.34. The van der Waals surface area contributed by atoms with E-state index >= 15 is 0 Å². The highest BCUT2D eigenvalue weighted by Crippen LogP contribution is 2.41. The van der Waals surface area contributed by atoms with Crippen LogP contribution in [0.3, 0.4) is 0 Å². The first-order chi connectivity index (χ1) is 25.2. The van der Waals surface area contributed by atoms with Crippen LogP contribution in [0.25, 0.3) is 75.8 Å².